The molecule has 0 aromatic heterocycles. The second-order valence-corrected chi connectivity index (χ2v) is 8.41. The first-order chi connectivity index (χ1) is 15.2. The standard InChI is InChI=1S/C27H35NO3/c1-3-11-22(2)27(29)28-25(20-30-18-23-12-6-4-7-13-23)16-10-17-26(28)21-31-19-24-14-8-5-9-15-24/h3-9,12-15,22,25-26H,1,10-11,16-21H2,2H3/t22-,25+,26+/m0/s1. The lowest BCUT2D eigenvalue weighted by Crippen LogP contribution is -2.55. The van der Waals surface area contributed by atoms with Crippen LogP contribution in [0.1, 0.15) is 43.7 Å². The number of nitrogens with zero attached hydrogens (tertiary/aromatic N) is 1. The van der Waals surface area contributed by atoms with Crippen LogP contribution in [-0.4, -0.2) is 36.1 Å². The lowest BCUT2D eigenvalue weighted by Gasteiger charge is -2.43. The Morgan fingerprint density at radius 3 is 1.90 bits per heavy atom. The summed E-state index contributed by atoms with van der Waals surface area (Å²) in [6.07, 6.45) is 5.53. The number of amides is 1. The Bertz CT molecular complexity index is 739. The van der Waals surface area contributed by atoms with E-state index in [4.69, 9.17) is 9.47 Å². The van der Waals surface area contributed by atoms with Gasteiger partial charge in [0.05, 0.1) is 38.5 Å². The van der Waals surface area contributed by atoms with Crippen LogP contribution in [-0.2, 0) is 27.5 Å². The third-order valence-corrected chi connectivity index (χ3v) is 5.90. The smallest absolute Gasteiger partial charge is 0.226 e. The van der Waals surface area contributed by atoms with E-state index >= 15 is 0 Å². The molecule has 0 saturated carbocycles. The molecule has 1 amide bonds. The molecule has 0 unspecified atom stereocenters. The average molecular weight is 422 g/mol. The second kappa shape index (κ2) is 12.4. The minimum atomic E-state index is -0.0798. The molecule has 0 N–H and O–H groups in total. The summed E-state index contributed by atoms with van der Waals surface area (Å²) < 4.78 is 12.1. The molecular weight excluding hydrogens is 386 g/mol. The van der Waals surface area contributed by atoms with Gasteiger partial charge in [0.25, 0.3) is 0 Å². The van der Waals surface area contributed by atoms with E-state index in [2.05, 4.69) is 35.7 Å². The number of likely N-dealkylation sites (tertiary alicyclic amines) is 1. The van der Waals surface area contributed by atoms with Gasteiger partial charge in [-0.15, -0.1) is 6.58 Å². The first kappa shape index (κ1) is 23.2. The number of carbonyl (C=O) groups excluding carboxylic acids is 1. The van der Waals surface area contributed by atoms with Crippen LogP contribution >= 0.6 is 0 Å². The summed E-state index contributed by atoms with van der Waals surface area (Å²) in [6.45, 7) is 8.04. The van der Waals surface area contributed by atoms with Gasteiger partial charge in [-0.05, 0) is 36.8 Å². The molecule has 3 rings (SSSR count). The molecule has 1 aliphatic rings. The van der Waals surface area contributed by atoms with Crippen molar-refractivity contribution in [1.82, 2.24) is 4.90 Å². The van der Waals surface area contributed by atoms with Crippen LogP contribution < -0.4 is 0 Å². The highest BCUT2D eigenvalue weighted by molar-refractivity contribution is 5.79. The molecule has 0 aliphatic carbocycles. The van der Waals surface area contributed by atoms with E-state index in [-0.39, 0.29) is 23.9 Å². The molecule has 1 heterocycles. The van der Waals surface area contributed by atoms with Gasteiger partial charge in [-0.1, -0.05) is 73.7 Å². The zero-order chi connectivity index (χ0) is 21.9. The fourth-order valence-corrected chi connectivity index (χ4v) is 4.23. The maximum atomic E-state index is 13.3. The summed E-state index contributed by atoms with van der Waals surface area (Å²) in [5.41, 5.74) is 2.30. The molecule has 31 heavy (non-hydrogen) atoms. The lowest BCUT2D eigenvalue weighted by molar-refractivity contribution is -0.147. The lowest BCUT2D eigenvalue weighted by atomic mass is 9.93. The van der Waals surface area contributed by atoms with Gasteiger partial charge < -0.3 is 14.4 Å². The Labute approximate surface area is 186 Å². The van der Waals surface area contributed by atoms with E-state index in [0.717, 1.165) is 30.4 Å². The normalized spacial score (nSPS) is 19.7. The van der Waals surface area contributed by atoms with Gasteiger partial charge in [0, 0.05) is 5.92 Å². The maximum Gasteiger partial charge on any atom is 0.226 e. The summed E-state index contributed by atoms with van der Waals surface area (Å²) in [5, 5.41) is 0. The molecule has 166 valence electrons. The monoisotopic (exact) mass is 421 g/mol. The van der Waals surface area contributed by atoms with E-state index in [0.29, 0.717) is 32.8 Å². The number of benzene rings is 2. The summed E-state index contributed by atoms with van der Waals surface area (Å²) >= 11 is 0. The zero-order valence-corrected chi connectivity index (χ0v) is 18.6. The molecule has 1 fully saturated rings. The number of hydrogen-bond donors (Lipinski definition) is 0. The highest BCUT2D eigenvalue weighted by Crippen LogP contribution is 2.27. The van der Waals surface area contributed by atoms with Crippen molar-refractivity contribution < 1.29 is 14.3 Å². The molecule has 0 bridgehead atoms. The second-order valence-electron chi connectivity index (χ2n) is 8.41. The van der Waals surface area contributed by atoms with E-state index < -0.39 is 0 Å². The van der Waals surface area contributed by atoms with Gasteiger partial charge in [0.2, 0.25) is 5.91 Å². The maximum absolute atomic E-state index is 13.3. The number of rotatable bonds is 11. The van der Waals surface area contributed by atoms with Crippen LogP contribution in [0.3, 0.4) is 0 Å². The molecule has 4 heteroatoms. The van der Waals surface area contributed by atoms with Crippen molar-refractivity contribution in [3.8, 4) is 0 Å². The number of allylic oxidation sites excluding steroid dienone is 1. The van der Waals surface area contributed by atoms with Gasteiger partial charge in [0.1, 0.15) is 0 Å². The van der Waals surface area contributed by atoms with Crippen LogP contribution in [0.2, 0.25) is 0 Å². The number of ether oxygens (including phenoxy) is 2. The van der Waals surface area contributed by atoms with Crippen LogP contribution in [0.5, 0.6) is 0 Å². The Morgan fingerprint density at radius 1 is 0.968 bits per heavy atom. The van der Waals surface area contributed by atoms with Crippen molar-refractivity contribution in [2.75, 3.05) is 13.2 Å². The molecule has 3 atom stereocenters. The Kier molecular flexibility index (Phi) is 9.32. The predicted octanol–water partition coefficient (Wildman–Crippen LogP) is 5.38. The third-order valence-electron chi connectivity index (χ3n) is 5.90. The van der Waals surface area contributed by atoms with Crippen molar-refractivity contribution in [3.05, 3.63) is 84.4 Å². The van der Waals surface area contributed by atoms with Crippen LogP contribution in [0, 0.1) is 5.92 Å². The van der Waals surface area contributed by atoms with Gasteiger partial charge in [-0.3, -0.25) is 4.79 Å². The van der Waals surface area contributed by atoms with Crippen LogP contribution in [0.25, 0.3) is 0 Å². The van der Waals surface area contributed by atoms with E-state index in [9.17, 15) is 4.79 Å². The molecule has 0 spiro atoms. The number of hydrogen-bond acceptors (Lipinski definition) is 3. The van der Waals surface area contributed by atoms with E-state index in [1.165, 1.54) is 0 Å². The molecule has 0 radical (unpaired) electrons. The SMILES string of the molecule is C=CC[C@H](C)C(=O)N1[C@@H](COCc2ccccc2)CCC[C@@H]1COCc1ccccc1. The zero-order valence-electron chi connectivity index (χ0n) is 18.6. The minimum Gasteiger partial charge on any atom is -0.375 e. The molecule has 2 aromatic carbocycles. The molecule has 1 aliphatic heterocycles. The number of piperidine rings is 1. The Balaban J connectivity index is 1.62. The van der Waals surface area contributed by atoms with Gasteiger partial charge in [-0.25, -0.2) is 0 Å². The molecule has 4 nitrogen and oxygen atoms in total. The molecule has 2 aromatic rings. The fraction of sp³-hybridized carbons (Fsp3) is 0.444. The van der Waals surface area contributed by atoms with Crippen molar-refractivity contribution in [2.24, 2.45) is 5.92 Å². The van der Waals surface area contributed by atoms with Crippen molar-refractivity contribution in [2.45, 2.75) is 57.9 Å². The third kappa shape index (κ3) is 7.05. The summed E-state index contributed by atoms with van der Waals surface area (Å²) in [4.78, 5) is 15.4. The quantitative estimate of drug-likeness (QED) is 0.457. The number of carbonyl (C=O) groups is 1. The highest BCUT2D eigenvalue weighted by Gasteiger charge is 2.36. The van der Waals surface area contributed by atoms with Crippen LogP contribution in [0.15, 0.2) is 73.3 Å². The van der Waals surface area contributed by atoms with E-state index in [1.54, 1.807) is 0 Å². The van der Waals surface area contributed by atoms with E-state index in [1.807, 2.05) is 49.4 Å². The van der Waals surface area contributed by atoms with Gasteiger partial charge in [0.15, 0.2) is 0 Å². The van der Waals surface area contributed by atoms with Crippen LogP contribution in [0.4, 0.5) is 0 Å². The first-order valence-corrected chi connectivity index (χ1v) is 11.4. The molecule has 1 saturated heterocycles. The first-order valence-electron chi connectivity index (χ1n) is 11.4. The summed E-state index contributed by atoms with van der Waals surface area (Å²) in [5.74, 6) is 0.102. The topological polar surface area (TPSA) is 38.8 Å². The fourth-order valence-electron chi connectivity index (χ4n) is 4.23. The summed E-state index contributed by atoms with van der Waals surface area (Å²) in [6, 6.07) is 20.5. The van der Waals surface area contributed by atoms with Crippen molar-refractivity contribution >= 4 is 5.91 Å². The molecular formula is C27H35NO3. The minimum absolute atomic E-state index is 0.0798. The van der Waals surface area contributed by atoms with Gasteiger partial charge in [-0.2, -0.15) is 0 Å². The highest BCUT2D eigenvalue weighted by atomic mass is 16.5. The van der Waals surface area contributed by atoms with Gasteiger partial charge >= 0.3 is 0 Å². The van der Waals surface area contributed by atoms with Crippen molar-refractivity contribution in [1.29, 1.82) is 0 Å². The predicted molar refractivity (Wildman–Crippen MR) is 124 cm³/mol. The van der Waals surface area contributed by atoms with Crippen molar-refractivity contribution in [3.63, 3.8) is 0 Å². The largest absolute Gasteiger partial charge is 0.375 e. The average Bonchev–Trinajstić information content (AvgIpc) is 2.80. The summed E-state index contributed by atoms with van der Waals surface area (Å²) in [7, 11) is 0. The Hall–Kier alpha value is -2.43. The Morgan fingerprint density at radius 2 is 1.45 bits per heavy atom.